The SMILES string of the molecule is O=c1c2c(-c3cccs3)cc(-c3cccs3)nc2nc2n1CN(c1ccc(Cl)cc1)CS2. The predicted molar refractivity (Wildman–Crippen MR) is 135 cm³/mol. The fourth-order valence-electron chi connectivity index (χ4n) is 3.76. The second-order valence-electron chi connectivity index (χ2n) is 7.27. The number of pyridine rings is 1. The zero-order valence-electron chi connectivity index (χ0n) is 16.6. The van der Waals surface area contributed by atoms with Crippen LogP contribution in [0.5, 0.6) is 0 Å². The molecule has 6 rings (SSSR count). The topological polar surface area (TPSA) is 51.0 Å². The van der Waals surface area contributed by atoms with Crippen molar-refractivity contribution in [3.8, 4) is 21.0 Å². The third-order valence-electron chi connectivity index (χ3n) is 5.31. The molecule has 4 aromatic heterocycles. The highest BCUT2D eigenvalue weighted by atomic mass is 35.5. The van der Waals surface area contributed by atoms with Gasteiger partial charge in [0.05, 0.1) is 21.8 Å². The van der Waals surface area contributed by atoms with Crippen molar-refractivity contribution in [2.24, 2.45) is 0 Å². The van der Waals surface area contributed by atoms with Gasteiger partial charge in [-0.15, -0.1) is 22.7 Å². The number of hydrogen-bond acceptors (Lipinski definition) is 7. The van der Waals surface area contributed by atoms with E-state index in [0.717, 1.165) is 26.7 Å². The first-order valence-electron chi connectivity index (χ1n) is 9.84. The van der Waals surface area contributed by atoms with Crippen molar-refractivity contribution in [2.75, 3.05) is 10.8 Å². The van der Waals surface area contributed by atoms with Crippen LogP contribution in [0.25, 0.3) is 32.0 Å². The lowest BCUT2D eigenvalue weighted by atomic mass is 10.1. The number of nitrogens with zero attached hydrogens (tertiary/aromatic N) is 4. The van der Waals surface area contributed by atoms with E-state index >= 15 is 0 Å². The van der Waals surface area contributed by atoms with Crippen molar-refractivity contribution in [1.29, 1.82) is 0 Å². The highest BCUT2D eigenvalue weighted by molar-refractivity contribution is 7.99. The number of aromatic nitrogens is 3. The molecule has 0 saturated carbocycles. The summed E-state index contributed by atoms with van der Waals surface area (Å²) in [6.45, 7) is 0.433. The molecule has 158 valence electrons. The number of thioether (sulfide) groups is 1. The summed E-state index contributed by atoms with van der Waals surface area (Å²) in [6, 6.07) is 17.8. The first kappa shape index (κ1) is 20.0. The molecule has 0 radical (unpaired) electrons. The van der Waals surface area contributed by atoms with E-state index in [2.05, 4.69) is 4.90 Å². The van der Waals surface area contributed by atoms with Crippen LogP contribution in [0.4, 0.5) is 5.69 Å². The minimum Gasteiger partial charge on any atom is -0.343 e. The van der Waals surface area contributed by atoms with Gasteiger partial charge in [0.2, 0.25) is 0 Å². The fraction of sp³-hybridized carbons (Fsp3) is 0.0870. The molecule has 9 heteroatoms. The molecule has 0 N–H and O–H groups in total. The van der Waals surface area contributed by atoms with Gasteiger partial charge in [0, 0.05) is 21.2 Å². The zero-order valence-corrected chi connectivity index (χ0v) is 19.8. The van der Waals surface area contributed by atoms with Crippen molar-refractivity contribution in [3.63, 3.8) is 0 Å². The summed E-state index contributed by atoms with van der Waals surface area (Å²) in [7, 11) is 0. The van der Waals surface area contributed by atoms with Crippen molar-refractivity contribution in [1.82, 2.24) is 14.5 Å². The summed E-state index contributed by atoms with van der Waals surface area (Å²) in [5, 5.41) is 6.00. The van der Waals surface area contributed by atoms with Crippen molar-refractivity contribution < 1.29 is 0 Å². The van der Waals surface area contributed by atoms with Gasteiger partial charge >= 0.3 is 0 Å². The second-order valence-corrected chi connectivity index (χ2v) is 10.5. The number of anilines is 1. The number of benzene rings is 1. The van der Waals surface area contributed by atoms with Crippen LogP contribution in [-0.2, 0) is 6.67 Å². The summed E-state index contributed by atoms with van der Waals surface area (Å²) in [4.78, 5) is 27.6. The molecule has 0 unspecified atom stereocenters. The molecular formula is C23H15ClN4OS3. The number of halogens is 1. The summed E-state index contributed by atoms with van der Waals surface area (Å²) < 4.78 is 1.74. The van der Waals surface area contributed by atoms with Crippen LogP contribution in [0.3, 0.4) is 0 Å². The van der Waals surface area contributed by atoms with Gasteiger partial charge in [0.1, 0.15) is 6.67 Å². The minimum atomic E-state index is -0.0650. The van der Waals surface area contributed by atoms with Gasteiger partial charge in [0.15, 0.2) is 10.8 Å². The van der Waals surface area contributed by atoms with E-state index in [1.807, 2.05) is 65.4 Å². The third-order valence-corrected chi connectivity index (χ3v) is 8.36. The van der Waals surface area contributed by atoms with E-state index in [1.54, 1.807) is 39.0 Å². The van der Waals surface area contributed by atoms with E-state index in [4.69, 9.17) is 21.6 Å². The Morgan fingerprint density at radius 3 is 2.41 bits per heavy atom. The molecule has 0 amide bonds. The molecule has 0 atom stereocenters. The highest BCUT2D eigenvalue weighted by Crippen LogP contribution is 2.35. The van der Waals surface area contributed by atoms with Crippen LogP contribution in [0.15, 0.2) is 75.3 Å². The Hall–Kier alpha value is -2.65. The lowest BCUT2D eigenvalue weighted by Gasteiger charge is -2.30. The second kappa shape index (κ2) is 8.04. The minimum absolute atomic E-state index is 0.0650. The van der Waals surface area contributed by atoms with E-state index in [0.29, 0.717) is 33.8 Å². The van der Waals surface area contributed by atoms with E-state index < -0.39 is 0 Å². The highest BCUT2D eigenvalue weighted by Gasteiger charge is 2.24. The van der Waals surface area contributed by atoms with Crippen LogP contribution in [-0.4, -0.2) is 20.4 Å². The van der Waals surface area contributed by atoms with Crippen LogP contribution in [0.2, 0.25) is 5.02 Å². The Bertz CT molecular complexity index is 1480. The number of fused-ring (bicyclic) bond motifs is 2. The zero-order chi connectivity index (χ0) is 21.7. The maximum Gasteiger partial charge on any atom is 0.265 e. The molecule has 0 saturated heterocycles. The summed E-state index contributed by atoms with van der Waals surface area (Å²) in [5.74, 6) is 0.696. The molecule has 5 nitrogen and oxygen atoms in total. The van der Waals surface area contributed by atoms with Gasteiger partial charge in [-0.05, 0) is 53.2 Å². The molecule has 1 aliphatic heterocycles. The molecule has 0 spiro atoms. The summed E-state index contributed by atoms with van der Waals surface area (Å²) in [6.07, 6.45) is 0. The number of hydrogen-bond donors (Lipinski definition) is 0. The molecule has 5 aromatic rings. The van der Waals surface area contributed by atoms with Gasteiger partial charge in [-0.1, -0.05) is 35.5 Å². The van der Waals surface area contributed by atoms with Crippen LogP contribution >= 0.6 is 46.0 Å². The van der Waals surface area contributed by atoms with Crippen molar-refractivity contribution in [2.45, 2.75) is 11.8 Å². The molecule has 0 bridgehead atoms. The van der Waals surface area contributed by atoms with Crippen molar-refractivity contribution >= 4 is 62.8 Å². The molecule has 0 fully saturated rings. The Morgan fingerprint density at radius 2 is 1.69 bits per heavy atom. The van der Waals surface area contributed by atoms with Gasteiger partial charge in [-0.2, -0.15) is 0 Å². The smallest absolute Gasteiger partial charge is 0.265 e. The normalized spacial score (nSPS) is 13.5. The maximum atomic E-state index is 13.7. The molecule has 1 aromatic carbocycles. The lowest BCUT2D eigenvalue weighted by Crippen LogP contribution is -2.37. The van der Waals surface area contributed by atoms with Crippen molar-refractivity contribution in [3.05, 3.63) is 80.7 Å². The number of thiophene rings is 2. The van der Waals surface area contributed by atoms with Crippen LogP contribution in [0, 0.1) is 0 Å². The molecule has 5 heterocycles. The number of rotatable bonds is 3. The van der Waals surface area contributed by atoms with Gasteiger partial charge in [-0.3, -0.25) is 9.36 Å². The predicted octanol–water partition coefficient (Wildman–Crippen LogP) is 6.43. The van der Waals surface area contributed by atoms with Crippen LogP contribution < -0.4 is 10.5 Å². The first-order chi connectivity index (χ1) is 15.7. The Kier molecular flexibility index (Phi) is 5.02. The van der Waals surface area contributed by atoms with E-state index in [9.17, 15) is 4.79 Å². The average molecular weight is 495 g/mol. The van der Waals surface area contributed by atoms with Gasteiger partial charge in [-0.25, -0.2) is 9.97 Å². The standard InChI is InChI=1S/C23H15ClN4OS3/c24-14-5-7-15(8-6-14)27-12-28-22(29)20-16(18-3-1-9-30-18)11-17(19-4-2-10-31-19)25-21(20)26-23(28)32-13-27/h1-11H,12-13H2. The fourth-order valence-corrected chi connectivity index (χ4v) is 6.27. The monoisotopic (exact) mass is 494 g/mol. The van der Waals surface area contributed by atoms with E-state index in [-0.39, 0.29) is 5.56 Å². The first-order valence-corrected chi connectivity index (χ1v) is 13.0. The van der Waals surface area contributed by atoms with Crippen LogP contribution in [0.1, 0.15) is 0 Å². The van der Waals surface area contributed by atoms with Gasteiger partial charge < -0.3 is 4.90 Å². The van der Waals surface area contributed by atoms with Gasteiger partial charge in [0.25, 0.3) is 5.56 Å². The largest absolute Gasteiger partial charge is 0.343 e. The maximum absolute atomic E-state index is 13.7. The Balaban J connectivity index is 1.54. The molecular weight excluding hydrogens is 480 g/mol. The molecule has 0 aliphatic carbocycles. The molecule has 1 aliphatic rings. The lowest BCUT2D eigenvalue weighted by molar-refractivity contribution is 0.568. The average Bonchev–Trinajstić information content (AvgIpc) is 3.53. The molecule has 32 heavy (non-hydrogen) atoms. The summed E-state index contributed by atoms with van der Waals surface area (Å²) >= 11 is 10.8. The Labute approximate surface area is 201 Å². The third kappa shape index (κ3) is 3.44. The quantitative estimate of drug-likeness (QED) is 0.270. The Morgan fingerprint density at radius 1 is 0.938 bits per heavy atom. The summed E-state index contributed by atoms with van der Waals surface area (Å²) in [5.41, 5.74) is 3.18. The van der Waals surface area contributed by atoms with E-state index in [1.165, 1.54) is 0 Å².